The molecule has 0 aromatic heterocycles. The second kappa shape index (κ2) is 21.8. The molecule has 0 bridgehead atoms. The van der Waals surface area contributed by atoms with Gasteiger partial charge >= 0.3 is 0 Å². The standard InChI is InChI=1S/C20Cl42/c21-1(22,3(25,26)5(29,30)7(33,34)9(37,38)11(41,42)13(45,46)15(49,50)17(53,54)19(57,58)59)2(23,24)4(27,28)6(31,32)8(35,36)10(39,40)12(43,44)14(47,48)16(51,52)18(55,56)20(60,61)62. The van der Waals surface area contributed by atoms with Gasteiger partial charge in [-0.05, 0) is 0 Å². The van der Waals surface area contributed by atoms with Crippen LogP contribution in [0, 0.1) is 0 Å². The topological polar surface area (TPSA) is 0 Å². The number of halogens is 42. The second-order valence-electron chi connectivity index (χ2n) is 11.3. The van der Waals surface area contributed by atoms with Crippen molar-refractivity contribution in [2.24, 2.45) is 0 Å². The van der Waals surface area contributed by atoms with Gasteiger partial charge in [-0.25, -0.2) is 0 Å². The van der Waals surface area contributed by atoms with Gasteiger partial charge in [0, 0.05) is 0 Å². The van der Waals surface area contributed by atoms with Gasteiger partial charge in [0.1, 0.15) is 0 Å². The summed E-state index contributed by atoms with van der Waals surface area (Å²) < 4.78 is -70.2. The van der Waals surface area contributed by atoms with Gasteiger partial charge in [0.05, 0.1) is 0 Å². The molecule has 0 atom stereocenters. The molecule has 0 saturated carbocycles. The zero-order valence-corrected chi connectivity index (χ0v) is 57.6. The van der Waals surface area contributed by atoms with Crippen LogP contribution in [0.5, 0.6) is 0 Å². The van der Waals surface area contributed by atoms with Crippen LogP contribution < -0.4 is 0 Å². The normalized spacial score (nSPS) is 17.5. The highest BCUT2D eigenvalue weighted by molar-refractivity contribution is 6.87. The maximum Gasteiger partial charge on any atom is 0.226 e. The van der Waals surface area contributed by atoms with Crippen LogP contribution in [0.2, 0.25) is 0 Å². The molecule has 0 aliphatic heterocycles. The van der Waals surface area contributed by atoms with Crippen molar-refractivity contribution in [1.29, 1.82) is 0 Å². The first kappa shape index (κ1) is 74.2. The third-order valence-electron chi connectivity index (χ3n) is 7.42. The molecule has 0 radical (unpaired) electrons. The Labute approximate surface area is 562 Å². The Kier molecular flexibility index (Phi) is 26.1. The van der Waals surface area contributed by atoms with Crippen molar-refractivity contribution in [3.05, 3.63) is 0 Å². The summed E-state index contributed by atoms with van der Waals surface area (Å²) in [6.45, 7) is 0. The SMILES string of the molecule is ClC(Cl)(Cl)C(Cl)(Cl)C(Cl)(Cl)C(Cl)(Cl)C(Cl)(Cl)C(Cl)(Cl)C(Cl)(Cl)C(Cl)(Cl)C(Cl)(Cl)C(Cl)(Cl)C(Cl)(Cl)C(Cl)(Cl)C(Cl)(Cl)C(Cl)(Cl)C(Cl)(Cl)C(Cl)(Cl)C(Cl)(Cl)C(Cl)(Cl)C(Cl)(Cl)C(Cl)(Cl)Cl. The lowest BCUT2D eigenvalue weighted by molar-refractivity contribution is 0.388. The van der Waals surface area contributed by atoms with E-state index in [0.29, 0.717) is 0 Å². The summed E-state index contributed by atoms with van der Waals surface area (Å²) in [5.41, 5.74) is 0. The summed E-state index contributed by atoms with van der Waals surface area (Å²) >= 11 is 268. The minimum absolute atomic E-state index is 2.90. The lowest BCUT2D eigenvalue weighted by Crippen LogP contribution is -2.76. The summed E-state index contributed by atoms with van der Waals surface area (Å²) in [4.78, 5) is 0. The van der Waals surface area contributed by atoms with Gasteiger partial charge < -0.3 is 0 Å². The van der Waals surface area contributed by atoms with Crippen molar-refractivity contribution < 1.29 is 0 Å². The zero-order chi connectivity index (χ0) is 52.0. The van der Waals surface area contributed by atoms with Gasteiger partial charge in [0.25, 0.3) is 0 Å². The molecular weight excluding hydrogens is 1730 g/mol. The highest BCUT2D eigenvalue weighted by Gasteiger charge is 2.89. The van der Waals surface area contributed by atoms with Crippen LogP contribution in [0.15, 0.2) is 0 Å². The van der Waals surface area contributed by atoms with Crippen LogP contribution in [0.3, 0.4) is 0 Å². The van der Waals surface area contributed by atoms with Gasteiger partial charge in [-0.1, -0.05) is 487 Å². The van der Waals surface area contributed by atoms with E-state index in [0.717, 1.165) is 0 Å². The van der Waals surface area contributed by atoms with Gasteiger partial charge in [0.15, 0.2) is 69.3 Å². The summed E-state index contributed by atoms with van der Waals surface area (Å²) in [7, 11) is 0. The largest absolute Gasteiger partial charge is 0.226 e. The van der Waals surface area contributed by atoms with Crippen LogP contribution in [-0.4, -0.2) is 85.6 Å². The number of hydrogen-bond acceptors (Lipinski definition) is 0. The molecule has 0 fully saturated rings. The fourth-order valence-electron chi connectivity index (χ4n) is 3.51. The molecule has 0 spiro atoms. The van der Waals surface area contributed by atoms with Crippen molar-refractivity contribution in [2.75, 3.05) is 0 Å². The van der Waals surface area contributed by atoms with Gasteiger partial charge in [-0.2, -0.15) is 0 Å². The van der Waals surface area contributed by atoms with E-state index in [1.807, 2.05) is 0 Å². The lowest BCUT2D eigenvalue weighted by Gasteiger charge is -2.59. The fourth-order valence-corrected chi connectivity index (χ4v) is 17.7. The molecule has 0 amide bonds. The third kappa shape index (κ3) is 10.9. The van der Waals surface area contributed by atoms with Crippen LogP contribution in [0.4, 0.5) is 0 Å². The van der Waals surface area contributed by atoms with Crippen molar-refractivity contribution in [1.82, 2.24) is 0 Å². The molecule has 0 aliphatic carbocycles. The van der Waals surface area contributed by atoms with E-state index < -0.39 is 85.6 Å². The van der Waals surface area contributed by atoms with Crippen molar-refractivity contribution in [3.63, 3.8) is 0 Å². The minimum atomic E-state index is -3.79. The number of alkyl halides is 42. The Hall–Kier alpha value is 12.2. The Morgan fingerprint density at radius 1 is 0.0806 bits per heavy atom. The molecule has 0 saturated heterocycles. The molecule has 0 aromatic carbocycles. The van der Waals surface area contributed by atoms with Crippen molar-refractivity contribution in [3.8, 4) is 0 Å². The van der Waals surface area contributed by atoms with E-state index >= 15 is 0 Å². The first-order valence-electron chi connectivity index (χ1n) is 12.7. The first-order chi connectivity index (χ1) is 25.8. The van der Waals surface area contributed by atoms with E-state index in [4.69, 9.17) is 487 Å². The predicted molar refractivity (Wildman–Crippen MR) is 300 cm³/mol. The summed E-state index contributed by atoms with van der Waals surface area (Å²) in [5.74, 6) is 0. The zero-order valence-electron chi connectivity index (χ0n) is 25.9. The molecule has 0 rings (SSSR count). The Morgan fingerprint density at radius 2 is 0.129 bits per heavy atom. The van der Waals surface area contributed by atoms with E-state index in [-0.39, 0.29) is 0 Å². The van der Waals surface area contributed by atoms with Gasteiger partial charge in [-0.15, -0.1) is 0 Å². The molecule has 62 heavy (non-hydrogen) atoms. The molecule has 0 unspecified atom stereocenters. The van der Waals surface area contributed by atoms with Crippen molar-refractivity contribution >= 4 is 487 Å². The quantitative estimate of drug-likeness (QED) is 0.127. The average Bonchev–Trinajstić information content (AvgIpc) is 3.01. The molecule has 0 aliphatic rings. The maximum atomic E-state index is 6.61. The Morgan fingerprint density at radius 3 is 0.177 bits per heavy atom. The Balaban J connectivity index is 7.98. The first-order valence-corrected chi connectivity index (χ1v) is 28.6. The highest BCUT2D eigenvalue weighted by atomic mass is 35.6. The number of rotatable bonds is 17. The fraction of sp³-hybridized carbons (Fsp3) is 1.00. The molecular formula is C20Cl42. The maximum absolute atomic E-state index is 6.61. The van der Waals surface area contributed by atoms with Crippen LogP contribution in [0.1, 0.15) is 0 Å². The monoisotopic (exact) mass is 1710 g/mol. The van der Waals surface area contributed by atoms with E-state index in [1.165, 1.54) is 0 Å². The van der Waals surface area contributed by atoms with E-state index in [2.05, 4.69) is 0 Å². The van der Waals surface area contributed by atoms with Gasteiger partial charge in [-0.3, -0.25) is 0 Å². The molecule has 0 nitrogen and oxygen atoms in total. The number of hydrogen-bond donors (Lipinski definition) is 0. The Bertz CT molecular complexity index is 1500. The summed E-state index contributed by atoms with van der Waals surface area (Å²) in [5, 5.41) is 0. The van der Waals surface area contributed by atoms with Crippen LogP contribution in [0.25, 0.3) is 0 Å². The van der Waals surface area contributed by atoms with E-state index in [9.17, 15) is 0 Å². The molecule has 374 valence electrons. The third-order valence-corrected chi connectivity index (χ3v) is 37.3. The van der Waals surface area contributed by atoms with Crippen molar-refractivity contribution in [2.45, 2.75) is 85.6 Å². The van der Waals surface area contributed by atoms with Gasteiger partial charge in [0.2, 0.25) is 16.3 Å². The summed E-state index contributed by atoms with van der Waals surface area (Å²) in [6, 6.07) is 0. The molecule has 0 aromatic rings. The predicted octanol–water partition coefficient (Wildman–Crippen LogP) is 24.9. The average molecular weight is 1730 g/mol. The van der Waals surface area contributed by atoms with Crippen LogP contribution >= 0.6 is 487 Å². The van der Waals surface area contributed by atoms with Crippen LogP contribution in [-0.2, 0) is 0 Å². The lowest BCUT2D eigenvalue weighted by atomic mass is 9.96. The minimum Gasteiger partial charge on any atom is -0.0946 e. The molecule has 0 N–H and O–H groups in total. The summed E-state index contributed by atoms with van der Waals surface area (Å²) in [6.07, 6.45) is 0. The smallest absolute Gasteiger partial charge is 0.0946 e. The van der Waals surface area contributed by atoms with E-state index in [1.54, 1.807) is 0 Å². The molecule has 0 heterocycles. The highest BCUT2D eigenvalue weighted by Crippen LogP contribution is 2.79. The molecule has 42 heteroatoms. The second-order valence-corrected chi connectivity index (χ2v) is 39.8.